The molecule has 4 heterocycles. The number of carbonyl (C=O) groups is 1. The minimum Gasteiger partial charge on any atom is -0.502 e. The zero-order valence-electron chi connectivity index (χ0n) is 19.1. The maximum absolute atomic E-state index is 14.3. The van der Waals surface area contributed by atoms with Gasteiger partial charge in [-0.25, -0.2) is 8.78 Å². The number of aromatic nitrogens is 1. The van der Waals surface area contributed by atoms with E-state index in [0.29, 0.717) is 17.9 Å². The van der Waals surface area contributed by atoms with Gasteiger partial charge in [0, 0.05) is 28.5 Å². The van der Waals surface area contributed by atoms with E-state index >= 15 is 0 Å². The molecule has 186 valence electrons. The van der Waals surface area contributed by atoms with Crippen LogP contribution in [0.1, 0.15) is 46.1 Å². The summed E-state index contributed by atoms with van der Waals surface area (Å²) in [5, 5.41) is 12.5. The van der Waals surface area contributed by atoms with Crippen molar-refractivity contribution in [2.45, 2.75) is 42.0 Å². The average Bonchev–Trinajstić information content (AvgIpc) is 3.05. The Bertz CT molecular complexity index is 1410. The number of thioether (sulfide) groups is 1. The van der Waals surface area contributed by atoms with Crippen LogP contribution in [0.2, 0.25) is 0 Å². The summed E-state index contributed by atoms with van der Waals surface area (Å²) in [5.41, 5.74) is 1.77. The number of nitrogens with zero attached hydrogens (tertiary/aromatic N) is 3. The monoisotopic (exact) mass is 511 g/mol. The van der Waals surface area contributed by atoms with Gasteiger partial charge in [-0.15, -0.1) is 11.8 Å². The van der Waals surface area contributed by atoms with Crippen LogP contribution in [0.15, 0.2) is 64.4 Å². The van der Waals surface area contributed by atoms with Crippen LogP contribution in [-0.2, 0) is 5.75 Å². The molecule has 1 amide bonds. The predicted octanol–water partition coefficient (Wildman–Crippen LogP) is 4.11. The fraction of sp³-hybridized carbons (Fsp3) is 0.308. The van der Waals surface area contributed by atoms with Crippen LogP contribution >= 0.6 is 11.8 Å². The first-order chi connectivity index (χ1) is 17.5. The molecule has 0 unspecified atom stereocenters. The summed E-state index contributed by atoms with van der Waals surface area (Å²) >= 11 is 1.67. The summed E-state index contributed by atoms with van der Waals surface area (Å²) in [6.07, 6.45) is -1.06. The van der Waals surface area contributed by atoms with Crippen molar-refractivity contribution in [3.05, 3.63) is 87.3 Å². The van der Waals surface area contributed by atoms with Crippen LogP contribution in [0.3, 0.4) is 0 Å². The summed E-state index contributed by atoms with van der Waals surface area (Å²) in [6, 6.07) is 12.9. The molecule has 0 saturated heterocycles. The number of hydrogen-bond acceptors (Lipinski definition) is 6. The fourth-order valence-electron chi connectivity index (χ4n) is 5.32. The van der Waals surface area contributed by atoms with Gasteiger partial charge in [-0.1, -0.05) is 30.3 Å². The lowest BCUT2D eigenvalue weighted by molar-refractivity contribution is 0.00868. The highest BCUT2D eigenvalue weighted by molar-refractivity contribution is 7.98. The molecule has 2 bridgehead atoms. The Kier molecular flexibility index (Phi) is 5.63. The van der Waals surface area contributed by atoms with Crippen molar-refractivity contribution in [2.75, 3.05) is 18.3 Å². The first-order valence-electron chi connectivity index (χ1n) is 11.7. The van der Waals surface area contributed by atoms with Crippen molar-refractivity contribution >= 4 is 17.7 Å². The summed E-state index contributed by atoms with van der Waals surface area (Å²) in [7, 11) is 0. The van der Waals surface area contributed by atoms with Crippen molar-refractivity contribution < 1.29 is 23.4 Å². The Morgan fingerprint density at radius 3 is 2.75 bits per heavy atom. The van der Waals surface area contributed by atoms with E-state index in [0.717, 1.165) is 26.5 Å². The van der Waals surface area contributed by atoms with Crippen LogP contribution in [0.25, 0.3) is 0 Å². The molecule has 6 rings (SSSR count). The first-order valence-corrected chi connectivity index (χ1v) is 12.7. The van der Waals surface area contributed by atoms with E-state index in [2.05, 4.69) is 0 Å². The Morgan fingerprint density at radius 1 is 1.08 bits per heavy atom. The number of carbonyl (C=O) groups excluding carboxylic acids is 1. The number of alkyl halides is 2. The van der Waals surface area contributed by atoms with E-state index in [9.17, 15) is 23.5 Å². The van der Waals surface area contributed by atoms with Crippen LogP contribution < -0.4 is 15.2 Å². The standard InChI is InChI=1S/C26H23F2N3O4S/c27-25(28)17-7-4-12-35-19-8-3-5-15-13-36-20-9-2-1-6-16(20)22(21(15)19)31-14-29(17)26(34)23-24(33)18(32)10-11-30(23)31/h1-3,5-6,8-11,17,22,25,33H,4,7,12-14H2/t17-,22-/m0/s1. The maximum Gasteiger partial charge on any atom is 0.278 e. The van der Waals surface area contributed by atoms with Gasteiger partial charge in [-0.05, 0) is 36.1 Å². The van der Waals surface area contributed by atoms with Crippen molar-refractivity contribution in [3.63, 3.8) is 0 Å². The molecular weight excluding hydrogens is 488 g/mol. The number of pyridine rings is 1. The van der Waals surface area contributed by atoms with Crippen LogP contribution in [0, 0.1) is 0 Å². The second kappa shape index (κ2) is 8.85. The van der Waals surface area contributed by atoms with Gasteiger partial charge in [0.2, 0.25) is 5.43 Å². The molecule has 0 saturated carbocycles. The molecule has 0 spiro atoms. The highest BCUT2D eigenvalue weighted by Gasteiger charge is 2.43. The van der Waals surface area contributed by atoms with Crippen molar-refractivity contribution in [1.82, 2.24) is 9.58 Å². The molecule has 0 radical (unpaired) electrons. The van der Waals surface area contributed by atoms with E-state index in [1.54, 1.807) is 16.8 Å². The van der Waals surface area contributed by atoms with Gasteiger partial charge in [-0.2, -0.15) is 0 Å². The third kappa shape index (κ3) is 3.54. The van der Waals surface area contributed by atoms with Crippen molar-refractivity contribution in [3.8, 4) is 11.5 Å². The molecule has 2 aromatic carbocycles. The molecule has 3 aliphatic rings. The van der Waals surface area contributed by atoms with E-state index in [-0.39, 0.29) is 25.4 Å². The van der Waals surface area contributed by atoms with Crippen LogP contribution in [0.5, 0.6) is 11.5 Å². The molecule has 0 fully saturated rings. The minimum absolute atomic E-state index is 0.0151. The zero-order chi connectivity index (χ0) is 25.0. The number of halogens is 2. The Morgan fingerprint density at radius 2 is 1.92 bits per heavy atom. The normalized spacial score (nSPS) is 21.0. The fourth-order valence-corrected chi connectivity index (χ4v) is 6.40. The summed E-state index contributed by atoms with van der Waals surface area (Å²) in [5.74, 6) is -0.211. The van der Waals surface area contributed by atoms with Crippen LogP contribution in [-0.4, -0.2) is 46.3 Å². The Balaban J connectivity index is 1.67. The molecule has 7 nitrogen and oxygen atoms in total. The summed E-state index contributed by atoms with van der Waals surface area (Å²) < 4.78 is 36.3. The quantitative estimate of drug-likeness (QED) is 0.530. The molecule has 10 heteroatoms. The molecule has 1 aromatic heterocycles. The molecule has 3 aliphatic heterocycles. The van der Waals surface area contributed by atoms with Gasteiger partial charge in [0.05, 0.1) is 12.6 Å². The van der Waals surface area contributed by atoms with Gasteiger partial charge in [0.15, 0.2) is 11.4 Å². The first kappa shape index (κ1) is 22.9. The summed E-state index contributed by atoms with van der Waals surface area (Å²) in [4.78, 5) is 28.0. The highest BCUT2D eigenvalue weighted by Crippen LogP contribution is 2.46. The highest BCUT2D eigenvalue weighted by atomic mass is 32.2. The third-order valence-electron chi connectivity index (χ3n) is 7.01. The second-order valence-electron chi connectivity index (χ2n) is 9.03. The smallest absolute Gasteiger partial charge is 0.278 e. The van der Waals surface area contributed by atoms with Gasteiger partial charge in [-0.3, -0.25) is 19.3 Å². The zero-order valence-corrected chi connectivity index (χ0v) is 20.0. The topological polar surface area (TPSA) is 75.0 Å². The van der Waals surface area contributed by atoms with Crippen LogP contribution in [0.4, 0.5) is 8.78 Å². The Labute approximate surface area is 209 Å². The molecular formula is C26H23F2N3O4S. The van der Waals surface area contributed by atoms with E-state index in [1.165, 1.54) is 16.9 Å². The van der Waals surface area contributed by atoms with Gasteiger partial charge >= 0.3 is 0 Å². The third-order valence-corrected chi connectivity index (χ3v) is 8.15. The molecule has 36 heavy (non-hydrogen) atoms. The number of rotatable bonds is 1. The second-order valence-corrected chi connectivity index (χ2v) is 10.0. The SMILES string of the molecule is O=C1c2c(O)c(=O)ccn2N2CN1[C@H](C(F)F)CCCOc1cccc3c1[C@@H]2c1ccccc1SC3. The largest absolute Gasteiger partial charge is 0.502 e. The lowest BCUT2D eigenvalue weighted by atomic mass is 9.93. The van der Waals surface area contributed by atoms with Crippen molar-refractivity contribution in [1.29, 1.82) is 0 Å². The molecule has 3 aromatic rings. The molecule has 2 atom stereocenters. The van der Waals surface area contributed by atoms with E-state index in [4.69, 9.17) is 4.74 Å². The van der Waals surface area contributed by atoms with Gasteiger partial charge < -0.3 is 14.7 Å². The molecule has 1 N–H and O–H groups in total. The van der Waals surface area contributed by atoms with Gasteiger partial charge in [0.1, 0.15) is 18.5 Å². The lowest BCUT2D eigenvalue weighted by Gasteiger charge is -2.46. The number of ether oxygens (including phenoxy) is 1. The number of aromatic hydroxyl groups is 1. The van der Waals surface area contributed by atoms with Crippen molar-refractivity contribution in [2.24, 2.45) is 0 Å². The maximum atomic E-state index is 14.3. The number of fused-ring (bicyclic) bond motifs is 7. The molecule has 0 aliphatic carbocycles. The predicted molar refractivity (Wildman–Crippen MR) is 130 cm³/mol. The number of hydrogen-bond donors (Lipinski definition) is 1. The van der Waals surface area contributed by atoms with E-state index in [1.807, 2.05) is 42.5 Å². The van der Waals surface area contributed by atoms with E-state index < -0.39 is 35.6 Å². The number of benzene rings is 2. The average molecular weight is 512 g/mol. The van der Waals surface area contributed by atoms with Gasteiger partial charge in [0.25, 0.3) is 12.3 Å². The minimum atomic E-state index is -2.81. The Hall–Kier alpha value is -3.53. The number of amides is 1. The lowest BCUT2D eigenvalue weighted by Crippen LogP contribution is -2.59. The summed E-state index contributed by atoms with van der Waals surface area (Å²) in [6.45, 7) is 0.0693.